The van der Waals surface area contributed by atoms with E-state index in [-0.39, 0.29) is 17.2 Å². The monoisotopic (exact) mass is 318 g/mol. The molecule has 0 spiro atoms. The number of primary sulfonamides is 1. The van der Waals surface area contributed by atoms with Gasteiger partial charge in [0.1, 0.15) is 17.2 Å². The highest BCUT2D eigenvalue weighted by Gasteiger charge is 2.19. The number of nitrogens with zero attached hydrogens (tertiary/aromatic N) is 1. The summed E-state index contributed by atoms with van der Waals surface area (Å²) in [5.74, 6) is -0.585. The van der Waals surface area contributed by atoms with Crippen molar-refractivity contribution in [3.8, 4) is 0 Å². The van der Waals surface area contributed by atoms with Gasteiger partial charge in [-0.25, -0.2) is 18.4 Å². The molecule has 0 unspecified atom stereocenters. The molecule has 2 N–H and O–H groups in total. The largest absolute Gasteiger partial charge is 0.459 e. The molecule has 0 saturated carbocycles. The minimum Gasteiger partial charge on any atom is -0.459 e. The fourth-order valence-corrected chi connectivity index (χ4v) is 2.30. The minimum atomic E-state index is -3.84. The van der Waals surface area contributed by atoms with E-state index < -0.39 is 16.0 Å². The summed E-state index contributed by atoms with van der Waals surface area (Å²) in [5, 5.41) is 5.08. The van der Waals surface area contributed by atoms with E-state index in [1.807, 2.05) is 13.8 Å². The van der Waals surface area contributed by atoms with Crippen LogP contribution in [0, 0.1) is 0 Å². The molecule has 0 aliphatic carbocycles. The molecule has 0 radical (unpaired) electrons. The summed E-state index contributed by atoms with van der Waals surface area (Å²) in [6.45, 7) is 5.46. The quantitative estimate of drug-likeness (QED) is 0.543. The average molecular weight is 318 g/mol. The van der Waals surface area contributed by atoms with Crippen LogP contribution in [-0.4, -0.2) is 38.8 Å². The molecular weight excluding hydrogens is 296 g/mol. The predicted octanol–water partition coefficient (Wildman–Crippen LogP) is 1.13. The third-order valence-corrected chi connectivity index (χ3v) is 3.56. The molecule has 0 fully saturated rings. The van der Waals surface area contributed by atoms with Crippen LogP contribution in [0.15, 0.2) is 17.2 Å². The van der Waals surface area contributed by atoms with Crippen molar-refractivity contribution in [3.05, 3.63) is 18.0 Å². The number of hydrogen-bond donors (Lipinski definition) is 1. The fraction of sp³-hybridized carbons (Fsp3) is 0.615. The molecule has 0 saturated heterocycles. The van der Waals surface area contributed by atoms with E-state index in [9.17, 15) is 13.2 Å². The van der Waals surface area contributed by atoms with E-state index in [2.05, 4.69) is 0 Å². The lowest BCUT2D eigenvalue weighted by atomic mass is 10.4. The standard InChI is InChI=1S/C13H22N2O5S/c1-3-5-15-10-11(21(14,17)18)9-12(15)13(16)20-8-7-19-6-4-2/h9-10H,3-8H2,1-2H3,(H2,14,17,18). The van der Waals surface area contributed by atoms with Gasteiger partial charge in [-0.05, 0) is 18.9 Å². The van der Waals surface area contributed by atoms with Crippen LogP contribution < -0.4 is 5.14 Å². The molecule has 8 heteroatoms. The molecule has 1 aromatic heterocycles. The number of nitrogens with two attached hydrogens (primary N) is 1. The molecule has 0 bridgehead atoms. The fourth-order valence-electron chi connectivity index (χ4n) is 1.75. The molecular formula is C13H22N2O5S. The SMILES string of the molecule is CCCOCCOC(=O)c1cc(S(N)(=O)=O)cn1CCC. The van der Waals surface area contributed by atoms with Crippen LogP contribution in [0.25, 0.3) is 0 Å². The van der Waals surface area contributed by atoms with Crippen LogP contribution in [-0.2, 0) is 26.0 Å². The Kier molecular flexibility index (Phi) is 6.86. The number of carbonyl (C=O) groups excluding carboxylic acids is 1. The average Bonchev–Trinajstić information content (AvgIpc) is 2.83. The first-order valence-corrected chi connectivity index (χ1v) is 8.42. The van der Waals surface area contributed by atoms with Gasteiger partial charge in [0.25, 0.3) is 0 Å². The summed E-state index contributed by atoms with van der Waals surface area (Å²) in [6, 6.07) is 1.24. The third kappa shape index (κ3) is 5.49. The number of aryl methyl sites for hydroxylation is 1. The van der Waals surface area contributed by atoms with E-state index in [0.717, 1.165) is 12.8 Å². The lowest BCUT2D eigenvalue weighted by Crippen LogP contribution is -2.15. The van der Waals surface area contributed by atoms with Gasteiger partial charge in [-0.15, -0.1) is 0 Å². The van der Waals surface area contributed by atoms with E-state index in [4.69, 9.17) is 14.6 Å². The maximum Gasteiger partial charge on any atom is 0.355 e. The maximum atomic E-state index is 12.0. The number of hydrogen-bond acceptors (Lipinski definition) is 5. The van der Waals surface area contributed by atoms with Crippen LogP contribution in [0.5, 0.6) is 0 Å². The Hall–Kier alpha value is -1.38. The predicted molar refractivity (Wildman–Crippen MR) is 77.5 cm³/mol. The van der Waals surface area contributed by atoms with Gasteiger partial charge in [-0.2, -0.15) is 0 Å². The van der Waals surface area contributed by atoms with Crippen LogP contribution in [0.3, 0.4) is 0 Å². The number of rotatable bonds is 9. The second-order valence-corrected chi connectivity index (χ2v) is 6.11. The molecule has 0 atom stereocenters. The van der Waals surface area contributed by atoms with Crippen LogP contribution in [0.4, 0.5) is 0 Å². The Morgan fingerprint density at radius 1 is 1.24 bits per heavy atom. The van der Waals surface area contributed by atoms with Crippen molar-refractivity contribution in [2.45, 2.75) is 38.1 Å². The zero-order valence-corrected chi connectivity index (χ0v) is 13.2. The van der Waals surface area contributed by atoms with E-state index in [1.165, 1.54) is 16.8 Å². The molecule has 21 heavy (non-hydrogen) atoms. The van der Waals surface area contributed by atoms with Crippen LogP contribution in [0.2, 0.25) is 0 Å². The lowest BCUT2D eigenvalue weighted by molar-refractivity contribution is 0.0308. The molecule has 0 amide bonds. The zero-order valence-electron chi connectivity index (χ0n) is 12.4. The van der Waals surface area contributed by atoms with Gasteiger partial charge >= 0.3 is 5.97 Å². The molecule has 120 valence electrons. The van der Waals surface area contributed by atoms with Gasteiger partial charge in [0.05, 0.1) is 6.61 Å². The van der Waals surface area contributed by atoms with Crippen molar-refractivity contribution in [1.29, 1.82) is 0 Å². The van der Waals surface area contributed by atoms with Gasteiger partial charge in [0.2, 0.25) is 10.0 Å². The van der Waals surface area contributed by atoms with Gasteiger partial charge in [-0.1, -0.05) is 13.8 Å². The van der Waals surface area contributed by atoms with Crippen molar-refractivity contribution in [2.24, 2.45) is 5.14 Å². The summed E-state index contributed by atoms with van der Waals surface area (Å²) in [5.41, 5.74) is 0.177. The summed E-state index contributed by atoms with van der Waals surface area (Å²) in [6.07, 6.45) is 2.99. The molecule has 1 aromatic rings. The van der Waals surface area contributed by atoms with E-state index >= 15 is 0 Å². The summed E-state index contributed by atoms with van der Waals surface area (Å²) >= 11 is 0. The highest BCUT2D eigenvalue weighted by Crippen LogP contribution is 2.15. The molecule has 1 rings (SSSR count). The van der Waals surface area contributed by atoms with E-state index in [0.29, 0.717) is 19.8 Å². The molecule has 1 heterocycles. The molecule has 0 aliphatic rings. The number of esters is 1. The zero-order chi connectivity index (χ0) is 15.9. The van der Waals surface area contributed by atoms with Crippen LogP contribution >= 0.6 is 0 Å². The van der Waals surface area contributed by atoms with Crippen LogP contribution in [0.1, 0.15) is 37.2 Å². The van der Waals surface area contributed by atoms with Gasteiger partial charge < -0.3 is 14.0 Å². The first-order chi connectivity index (χ1) is 9.90. The first-order valence-electron chi connectivity index (χ1n) is 6.88. The number of ether oxygens (including phenoxy) is 2. The Balaban J connectivity index is 2.75. The smallest absolute Gasteiger partial charge is 0.355 e. The second kappa shape index (κ2) is 8.16. The summed E-state index contributed by atoms with van der Waals surface area (Å²) in [4.78, 5) is 11.9. The van der Waals surface area contributed by atoms with Crippen molar-refractivity contribution < 1.29 is 22.7 Å². The normalized spacial score (nSPS) is 11.6. The summed E-state index contributed by atoms with van der Waals surface area (Å²) in [7, 11) is -3.84. The van der Waals surface area contributed by atoms with Crippen molar-refractivity contribution >= 4 is 16.0 Å². The van der Waals surface area contributed by atoms with Gasteiger partial charge in [0, 0.05) is 19.3 Å². The third-order valence-electron chi connectivity index (χ3n) is 2.68. The van der Waals surface area contributed by atoms with Crippen molar-refractivity contribution in [1.82, 2.24) is 4.57 Å². The van der Waals surface area contributed by atoms with Gasteiger partial charge in [0.15, 0.2) is 0 Å². The molecule has 0 aliphatic heterocycles. The lowest BCUT2D eigenvalue weighted by Gasteiger charge is -2.08. The topological polar surface area (TPSA) is 101 Å². The number of sulfonamides is 1. The molecule has 0 aromatic carbocycles. The minimum absolute atomic E-state index is 0.0925. The number of aromatic nitrogens is 1. The Morgan fingerprint density at radius 3 is 2.52 bits per heavy atom. The Labute approximate surface area is 125 Å². The van der Waals surface area contributed by atoms with E-state index in [1.54, 1.807) is 0 Å². The highest BCUT2D eigenvalue weighted by atomic mass is 32.2. The van der Waals surface area contributed by atoms with Crippen molar-refractivity contribution in [2.75, 3.05) is 19.8 Å². The summed E-state index contributed by atoms with van der Waals surface area (Å²) < 4.78 is 34.5. The Morgan fingerprint density at radius 2 is 1.95 bits per heavy atom. The second-order valence-electron chi connectivity index (χ2n) is 4.55. The maximum absolute atomic E-state index is 12.0. The highest BCUT2D eigenvalue weighted by molar-refractivity contribution is 7.89. The Bertz CT molecular complexity index is 565. The van der Waals surface area contributed by atoms with Gasteiger partial charge in [-0.3, -0.25) is 0 Å². The first kappa shape index (κ1) is 17.7. The number of carbonyl (C=O) groups is 1. The van der Waals surface area contributed by atoms with Crippen molar-refractivity contribution in [3.63, 3.8) is 0 Å². The molecule has 7 nitrogen and oxygen atoms in total.